The molecule has 1 atom stereocenters. The Morgan fingerprint density at radius 1 is 1.24 bits per heavy atom. The zero-order valence-electron chi connectivity index (χ0n) is 14.6. The third-order valence-electron chi connectivity index (χ3n) is 4.22. The molecule has 0 radical (unpaired) electrons. The molecule has 0 bridgehead atoms. The predicted molar refractivity (Wildman–Crippen MR) is 90.1 cm³/mol. The Bertz CT molecular complexity index is 646. The number of methoxy groups -OCH3 is 2. The highest BCUT2D eigenvalue weighted by molar-refractivity contribution is 6.09. The fourth-order valence-electron chi connectivity index (χ4n) is 2.78. The molecule has 2 N–H and O–H groups in total. The average Bonchev–Trinajstić information content (AvgIpc) is 2.87. The smallest absolute Gasteiger partial charge is 0.325 e. The van der Waals surface area contributed by atoms with Crippen LogP contribution in [-0.2, 0) is 19.9 Å². The lowest BCUT2D eigenvalue weighted by Gasteiger charge is -2.26. The van der Waals surface area contributed by atoms with Crippen molar-refractivity contribution in [3.05, 3.63) is 29.8 Å². The van der Waals surface area contributed by atoms with Crippen molar-refractivity contribution in [2.45, 2.75) is 18.9 Å². The summed E-state index contributed by atoms with van der Waals surface area (Å²) in [6.07, 6.45) is 0.367. The molecule has 0 aliphatic carbocycles. The molecule has 0 spiro atoms. The van der Waals surface area contributed by atoms with Crippen molar-refractivity contribution < 1.29 is 23.9 Å². The number of nitrogens with zero attached hydrogens (tertiary/aromatic N) is 1. The molecule has 8 heteroatoms. The number of benzene rings is 1. The number of carbonyl (C=O) groups is 3. The van der Waals surface area contributed by atoms with Gasteiger partial charge in [0.05, 0.1) is 13.7 Å². The van der Waals surface area contributed by atoms with Crippen LogP contribution in [0.3, 0.4) is 0 Å². The normalized spacial score (nSPS) is 19.7. The monoisotopic (exact) mass is 349 g/mol. The van der Waals surface area contributed by atoms with Gasteiger partial charge in [-0.2, -0.15) is 0 Å². The quantitative estimate of drug-likeness (QED) is 0.530. The molecular formula is C17H23N3O5. The molecule has 1 aromatic carbocycles. The summed E-state index contributed by atoms with van der Waals surface area (Å²) in [4.78, 5) is 38.0. The first kappa shape index (κ1) is 18.7. The first-order valence-electron chi connectivity index (χ1n) is 8.02. The number of amides is 4. The summed E-state index contributed by atoms with van der Waals surface area (Å²) in [7, 11) is 3.07. The first-order chi connectivity index (χ1) is 12.0. The fourth-order valence-corrected chi connectivity index (χ4v) is 2.78. The molecule has 1 aromatic rings. The third kappa shape index (κ3) is 3.74. The maximum absolute atomic E-state index is 12.9. The van der Waals surface area contributed by atoms with E-state index in [4.69, 9.17) is 9.47 Å². The maximum atomic E-state index is 12.9. The van der Waals surface area contributed by atoms with E-state index in [1.165, 1.54) is 7.11 Å². The Balaban J connectivity index is 2.17. The van der Waals surface area contributed by atoms with Crippen LogP contribution in [0.2, 0.25) is 0 Å². The number of hydrogen-bond donors (Lipinski definition) is 2. The second kappa shape index (κ2) is 7.98. The fraction of sp³-hybridized carbons (Fsp3) is 0.471. The molecule has 8 nitrogen and oxygen atoms in total. The van der Waals surface area contributed by atoms with E-state index in [0.29, 0.717) is 30.9 Å². The summed E-state index contributed by atoms with van der Waals surface area (Å²) in [5.74, 6) is -0.199. The molecule has 1 aliphatic rings. The molecule has 1 fully saturated rings. The number of rotatable bonds is 8. The van der Waals surface area contributed by atoms with Gasteiger partial charge in [-0.1, -0.05) is 19.1 Å². The van der Waals surface area contributed by atoms with E-state index < -0.39 is 23.4 Å². The van der Waals surface area contributed by atoms with Gasteiger partial charge in [0.1, 0.15) is 17.8 Å². The molecule has 136 valence electrons. The largest absolute Gasteiger partial charge is 0.497 e. The molecule has 1 saturated heterocycles. The van der Waals surface area contributed by atoms with Gasteiger partial charge < -0.3 is 20.1 Å². The number of carbonyl (C=O) groups excluding carboxylic acids is 3. The Morgan fingerprint density at radius 3 is 2.48 bits per heavy atom. The minimum atomic E-state index is -1.17. The van der Waals surface area contributed by atoms with E-state index in [0.717, 1.165) is 4.90 Å². The number of imide groups is 1. The third-order valence-corrected chi connectivity index (χ3v) is 4.22. The van der Waals surface area contributed by atoms with Crippen molar-refractivity contribution in [1.29, 1.82) is 0 Å². The summed E-state index contributed by atoms with van der Waals surface area (Å²) in [5.41, 5.74) is -0.521. The highest BCUT2D eigenvalue weighted by atomic mass is 16.5. The van der Waals surface area contributed by atoms with E-state index in [2.05, 4.69) is 10.6 Å². The van der Waals surface area contributed by atoms with Gasteiger partial charge in [0.2, 0.25) is 5.91 Å². The Hall–Kier alpha value is -2.61. The van der Waals surface area contributed by atoms with Crippen LogP contribution in [0.25, 0.3) is 0 Å². The van der Waals surface area contributed by atoms with Crippen LogP contribution in [0.15, 0.2) is 24.3 Å². The second-order valence-corrected chi connectivity index (χ2v) is 5.65. The van der Waals surface area contributed by atoms with Crippen LogP contribution >= 0.6 is 0 Å². The van der Waals surface area contributed by atoms with Crippen LogP contribution in [0.4, 0.5) is 4.79 Å². The summed E-state index contributed by atoms with van der Waals surface area (Å²) in [6, 6.07) is 6.36. The van der Waals surface area contributed by atoms with Gasteiger partial charge in [-0.25, -0.2) is 4.79 Å². The van der Waals surface area contributed by atoms with Crippen molar-refractivity contribution in [2.75, 3.05) is 33.9 Å². The average molecular weight is 349 g/mol. The molecule has 0 aromatic heterocycles. The van der Waals surface area contributed by atoms with Crippen molar-refractivity contribution in [3.8, 4) is 5.75 Å². The molecule has 1 heterocycles. The Labute approximate surface area is 146 Å². The summed E-state index contributed by atoms with van der Waals surface area (Å²) < 4.78 is 9.97. The number of hydrogen-bond acceptors (Lipinski definition) is 5. The van der Waals surface area contributed by atoms with E-state index in [1.54, 1.807) is 31.4 Å². The van der Waals surface area contributed by atoms with E-state index >= 15 is 0 Å². The van der Waals surface area contributed by atoms with Crippen LogP contribution in [-0.4, -0.2) is 56.7 Å². The van der Waals surface area contributed by atoms with Crippen molar-refractivity contribution in [2.24, 2.45) is 0 Å². The van der Waals surface area contributed by atoms with Crippen molar-refractivity contribution >= 4 is 17.8 Å². The molecule has 0 saturated carbocycles. The van der Waals surface area contributed by atoms with Crippen LogP contribution in [0.5, 0.6) is 5.75 Å². The standard InChI is InChI=1S/C17H23N3O5/c1-4-17(12-5-7-13(25-3)8-6-12)15(22)20(16(23)19-17)11-14(21)18-9-10-24-2/h5-8H,4,9-11H2,1-3H3,(H,18,21)(H,19,23)/t17-/m0/s1. The molecule has 0 unspecified atom stereocenters. The lowest BCUT2D eigenvalue weighted by Crippen LogP contribution is -2.45. The molecule has 4 amide bonds. The maximum Gasteiger partial charge on any atom is 0.325 e. The first-order valence-corrected chi connectivity index (χ1v) is 8.02. The number of ether oxygens (including phenoxy) is 2. The minimum absolute atomic E-state index is 0.316. The van der Waals surface area contributed by atoms with Gasteiger partial charge in [0.25, 0.3) is 5.91 Å². The molecule has 25 heavy (non-hydrogen) atoms. The highest BCUT2D eigenvalue weighted by Gasteiger charge is 2.51. The topological polar surface area (TPSA) is 97.0 Å². The zero-order chi connectivity index (χ0) is 18.4. The highest BCUT2D eigenvalue weighted by Crippen LogP contribution is 2.33. The van der Waals surface area contributed by atoms with Crippen LogP contribution in [0.1, 0.15) is 18.9 Å². The molecular weight excluding hydrogens is 326 g/mol. The SMILES string of the molecule is CC[C@@]1(c2ccc(OC)cc2)NC(=O)N(CC(=O)NCCOC)C1=O. The number of nitrogens with one attached hydrogen (secondary N) is 2. The van der Waals surface area contributed by atoms with Gasteiger partial charge in [-0.3, -0.25) is 14.5 Å². The summed E-state index contributed by atoms with van der Waals surface area (Å²) in [5, 5.41) is 5.33. The lowest BCUT2D eigenvalue weighted by molar-refractivity contribution is -0.135. The zero-order valence-corrected chi connectivity index (χ0v) is 14.6. The van der Waals surface area contributed by atoms with Crippen molar-refractivity contribution in [3.63, 3.8) is 0 Å². The molecule has 1 aliphatic heterocycles. The van der Waals surface area contributed by atoms with Gasteiger partial charge in [0, 0.05) is 13.7 Å². The Morgan fingerprint density at radius 2 is 1.92 bits per heavy atom. The van der Waals surface area contributed by atoms with Gasteiger partial charge in [0.15, 0.2) is 0 Å². The van der Waals surface area contributed by atoms with E-state index in [9.17, 15) is 14.4 Å². The van der Waals surface area contributed by atoms with Gasteiger partial charge in [-0.15, -0.1) is 0 Å². The van der Waals surface area contributed by atoms with E-state index in [-0.39, 0.29) is 6.54 Å². The Kier molecular flexibility index (Phi) is 5.97. The van der Waals surface area contributed by atoms with Gasteiger partial charge >= 0.3 is 6.03 Å². The van der Waals surface area contributed by atoms with Crippen molar-refractivity contribution in [1.82, 2.24) is 15.5 Å². The lowest BCUT2D eigenvalue weighted by atomic mass is 9.87. The predicted octanol–water partition coefficient (Wildman–Crippen LogP) is 0.615. The number of urea groups is 1. The van der Waals surface area contributed by atoms with Gasteiger partial charge in [-0.05, 0) is 24.1 Å². The summed E-state index contributed by atoms with van der Waals surface area (Å²) in [6.45, 7) is 2.16. The summed E-state index contributed by atoms with van der Waals surface area (Å²) >= 11 is 0. The van der Waals surface area contributed by atoms with E-state index in [1.807, 2.05) is 6.92 Å². The molecule has 2 rings (SSSR count). The van der Waals surface area contributed by atoms with Crippen LogP contribution < -0.4 is 15.4 Å². The second-order valence-electron chi connectivity index (χ2n) is 5.65. The van der Waals surface area contributed by atoms with Crippen LogP contribution in [0, 0.1) is 0 Å². The minimum Gasteiger partial charge on any atom is -0.497 e.